The van der Waals surface area contributed by atoms with Crippen molar-refractivity contribution >= 4 is 50.8 Å². The number of benzene rings is 2. The molecule has 2 aromatic carbocycles. The Morgan fingerprint density at radius 1 is 1.12 bits per heavy atom. The Balaban J connectivity index is 1.45. The number of carbonyl (C=O) groups excluding carboxylic acids is 1. The summed E-state index contributed by atoms with van der Waals surface area (Å²) in [5, 5.41) is 3.72. The van der Waals surface area contributed by atoms with Crippen molar-refractivity contribution < 1.29 is 17.9 Å². The molecule has 1 atom stereocenters. The van der Waals surface area contributed by atoms with E-state index in [1.807, 2.05) is 0 Å². The van der Waals surface area contributed by atoms with Gasteiger partial charge in [0.05, 0.1) is 16.5 Å². The van der Waals surface area contributed by atoms with Crippen LogP contribution < -0.4 is 14.8 Å². The number of halogens is 2. The number of anilines is 2. The predicted molar refractivity (Wildman–Crippen MR) is 122 cm³/mol. The van der Waals surface area contributed by atoms with Gasteiger partial charge in [-0.1, -0.05) is 23.2 Å². The molecule has 3 aromatic rings. The number of aromatic nitrogens is 2. The van der Waals surface area contributed by atoms with Gasteiger partial charge < -0.3 is 10.1 Å². The van der Waals surface area contributed by atoms with Crippen molar-refractivity contribution in [2.45, 2.75) is 17.7 Å². The Hall–Kier alpha value is -2.88. The monoisotopic (exact) mass is 492 g/mol. The largest absolute Gasteiger partial charge is 0.492 e. The van der Waals surface area contributed by atoms with E-state index < -0.39 is 10.0 Å². The zero-order valence-electron chi connectivity index (χ0n) is 16.6. The highest BCUT2D eigenvalue weighted by Gasteiger charge is 2.28. The lowest BCUT2D eigenvalue weighted by molar-refractivity contribution is -0.120. The third-order valence-electron chi connectivity index (χ3n) is 4.89. The van der Waals surface area contributed by atoms with Gasteiger partial charge in [0.1, 0.15) is 5.75 Å². The lowest BCUT2D eigenvalue weighted by atomic mass is 9.91. The van der Waals surface area contributed by atoms with E-state index >= 15 is 0 Å². The third kappa shape index (κ3) is 5.12. The van der Waals surface area contributed by atoms with Gasteiger partial charge in [-0.25, -0.2) is 23.1 Å². The van der Waals surface area contributed by atoms with Gasteiger partial charge in [0.15, 0.2) is 0 Å². The third-order valence-corrected chi connectivity index (χ3v) is 6.75. The van der Waals surface area contributed by atoms with Gasteiger partial charge in [0.2, 0.25) is 11.9 Å². The Morgan fingerprint density at radius 2 is 1.91 bits per heavy atom. The number of amides is 1. The van der Waals surface area contributed by atoms with Crippen LogP contribution in [0.2, 0.25) is 10.0 Å². The predicted octanol–water partition coefficient (Wildman–Crippen LogP) is 4.16. The van der Waals surface area contributed by atoms with Crippen LogP contribution in [0, 0.1) is 5.92 Å². The van der Waals surface area contributed by atoms with Crippen molar-refractivity contribution in [3.05, 3.63) is 70.5 Å². The van der Waals surface area contributed by atoms with E-state index in [9.17, 15) is 13.2 Å². The van der Waals surface area contributed by atoms with Gasteiger partial charge in [-0.15, -0.1) is 0 Å². The maximum absolute atomic E-state index is 12.7. The molecule has 0 saturated heterocycles. The molecule has 0 saturated carbocycles. The number of rotatable bonds is 7. The Kier molecular flexibility index (Phi) is 6.50. The topological polar surface area (TPSA) is 110 Å². The van der Waals surface area contributed by atoms with E-state index in [2.05, 4.69) is 20.0 Å². The highest BCUT2D eigenvalue weighted by Crippen LogP contribution is 2.31. The zero-order chi connectivity index (χ0) is 22.7. The first-order valence-corrected chi connectivity index (χ1v) is 11.9. The maximum Gasteiger partial charge on any atom is 0.264 e. The minimum atomic E-state index is -3.88. The van der Waals surface area contributed by atoms with Crippen LogP contribution in [0.4, 0.5) is 11.6 Å². The van der Waals surface area contributed by atoms with Crippen molar-refractivity contribution in [3.8, 4) is 5.75 Å². The molecule has 1 amide bonds. The molecule has 2 heterocycles. The number of hydrogen-bond donors (Lipinski definition) is 2. The highest BCUT2D eigenvalue weighted by atomic mass is 35.5. The summed E-state index contributed by atoms with van der Waals surface area (Å²) in [6.45, 7) is 0.264. The number of sulfonamides is 1. The summed E-state index contributed by atoms with van der Waals surface area (Å²) in [5.41, 5.74) is 1.30. The molecule has 0 bridgehead atoms. The lowest BCUT2D eigenvalue weighted by Crippen LogP contribution is -2.31. The van der Waals surface area contributed by atoms with E-state index in [1.165, 1.54) is 18.5 Å². The zero-order valence-corrected chi connectivity index (χ0v) is 18.9. The van der Waals surface area contributed by atoms with E-state index in [0.717, 1.165) is 5.56 Å². The number of nitrogens with one attached hydrogen (secondary N) is 2. The Morgan fingerprint density at radius 3 is 2.66 bits per heavy atom. The highest BCUT2D eigenvalue weighted by molar-refractivity contribution is 7.92. The van der Waals surface area contributed by atoms with Crippen molar-refractivity contribution in [3.63, 3.8) is 0 Å². The van der Waals surface area contributed by atoms with E-state index in [-0.39, 0.29) is 29.3 Å². The molecule has 0 aliphatic carbocycles. The number of fused-ring (bicyclic) bond motifs is 1. The molecule has 1 aliphatic heterocycles. The summed E-state index contributed by atoms with van der Waals surface area (Å²) < 4.78 is 33.4. The Bertz CT molecular complexity index is 1260. The summed E-state index contributed by atoms with van der Waals surface area (Å²) in [6, 6.07) is 11.1. The maximum atomic E-state index is 12.7. The van der Waals surface area contributed by atoms with E-state index in [4.69, 9.17) is 27.9 Å². The van der Waals surface area contributed by atoms with Gasteiger partial charge in [-0.05, 0) is 60.9 Å². The average Bonchev–Trinajstić information content (AvgIpc) is 2.75. The molecule has 32 heavy (non-hydrogen) atoms. The molecular formula is C21H18Cl2N4O4S. The average molecular weight is 493 g/mol. The minimum Gasteiger partial charge on any atom is -0.492 e. The second kappa shape index (κ2) is 9.32. The molecule has 1 aromatic heterocycles. The lowest BCUT2D eigenvalue weighted by Gasteiger charge is -2.25. The first-order chi connectivity index (χ1) is 15.3. The van der Waals surface area contributed by atoms with Gasteiger partial charge in [-0.2, -0.15) is 0 Å². The summed E-state index contributed by atoms with van der Waals surface area (Å²) >= 11 is 12.0. The summed E-state index contributed by atoms with van der Waals surface area (Å²) in [7, 11) is -3.88. The molecule has 8 nitrogen and oxygen atoms in total. The van der Waals surface area contributed by atoms with Gasteiger partial charge in [0, 0.05) is 29.0 Å². The first kappa shape index (κ1) is 22.3. The molecule has 1 aliphatic rings. The number of carbonyl (C=O) groups is 1. The molecule has 0 fully saturated rings. The Labute approximate surface area is 195 Å². The first-order valence-electron chi connectivity index (χ1n) is 9.63. The standard InChI is InChI=1S/C21H18Cl2N4O4S/c22-15-2-5-19(17(23)12-15)31-9-6-13-10-14-11-16(3-4-18(14)26-20(13)28)32(29,30)27-21-24-7-1-8-25-21/h1-5,7-8,11-13H,6,9-10H2,(H,26,28)(H,24,25,27). The second-order valence-corrected chi connectivity index (χ2v) is 9.63. The van der Waals surface area contributed by atoms with Crippen molar-refractivity contribution in [1.82, 2.24) is 9.97 Å². The van der Waals surface area contributed by atoms with Crippen LogP contribution in [0.1, 0.15) is 12.0 Å². The fourth-order valence-electron chi connectivity index (χ4n) is 3.29. The van der Waals surface area contributed by atoms with Crippen LogP contribution >= 0.6 is 23.2 Å². The second-order valence-electron chi connectivity index (χ2n) is 7.10. The van der Waals surface area contributed by atoms with Crippen molar-refractivity contribution in [2.75, 3.05) is 16.6 Å². The van der Waals surface area contributed by atoms with Crippen LogP contribution in [0.5, 0.6) is 5.75 Å². The molecule has 4 rings (SSSR count). The molecule has 1 unspecified atom stereocenters. The van der Waals surface area contributed by atoms with Crippen LogP contribution in [0.15, 0.2) is 59.8 Å². The summed E-state index contributed by atoms with van der Waals surface area (Å²) in [4.78, 5) is 20.3. The van der Waals surface area contributed by atoms with Gasteiger partial charge in [0.25, 0.3) is 10.0 Å². The van der Waals surface area contributed by atoms with Crippen molar-refractivity contribution in [2.24, 2.45) is 5.92 Å². The number of nitrogens with zero attached hydrogens (tertiary/aromatic N) is 2. The summed E-state index contributed by atoms with van der Waals surface area (Å²) in [6.07, 6.45) is 3.69. The van der Waals surface area contributed by atoms with Gasteiger partial charge in [-0.3, -0.25) is 4.79 Å². The van der Waals surface area contributed by atoms with Crippen LogP contribution in [-0.4, -0.2) is 30.9 Å². The van der Waals surface area contributed by atoms with Crippen LogP contribution in [0.25, 0.3) is 0 Å². The molecular weight excluding hydrogens is 475 g/mol. The van der Waals surface area contributed by atoms with Crippen LogP contribution in [0.3, 0.4) is 0 Å². The van der Waals surface area contributed by atoms with E-state index in [1.54, 1.807) is 36.4 Å². The molecule has 0 radical (unpaired) electrons. The molecule has 11 heteroatoms. The van der Waals surface area contributed by atoms with Gasteiger partial charge >= 0.3 is 0 Å². The number of hydrogen-bond acceptors (Lipinski definition) is 6. The molecule has 0 spiro atoms. The van der Waals surface area contributed by atoms with Crippen LogP contribution in [-0.2, 0) is 21.2 Å². The number of ether oxygens (including phenoxy) is 1. The fraction of sp³-hybridized carbons (Fsp3) is 0.190. The van der Waals surface area contributed by atoms with E-state index in [0.29, 0.717) is 34.3 Å². The molecule has 2 N–H and O–H groups in total. The van der Waals surface area contributed by atoms with Crippen molar-refractivity contribution in [1.29, 1.82) is 0 Å². The molecule has 166 valence electrons. The smallest absolute Gasteiger partial charge is 0.264 e. The quantitative estimate of drug-likeness (QED) is 0.512. The minimum absolute atomic E-state index is 0.0191. The summed E-state index contributed by atoms with van der Waals surface area (Å²) in [5.74, 6) is -0.0589. The fourth-order valence-corrected chi connectivity index (χ4v) is 4.76. The SMILES string of the molecule is O=C1Nc2ccc(S(=O)(=O)Nc3ncccn3)cc2CC1CCOc1ccc(Cl)cc1Cl. The normalized spacial score (nSPS) is 15.6.